The topological polar surface area (TPSA) is 84.9 Å². The van der Waals surface area contributed by atoms with Crippen molar-refractivity contribution in [2.24, 2.45) is 11.8 Å². The van der Waals surface area contributed by atoms with Crippen LogP contribution in [0.25, 0.3) is 0 Å². The first-order valence-electron chi connectivity index (χ1n) is 11.0. The van der Waals surface area contributed by atoms with Gasteiger partial charge < -0.3 is 19.7 Å². The van der Waals surface area contributed by atoms with E-state index < -0.39 is 5.97 Å². The Labute approximate surface area is 198 Å². The van der Waals surface area contributed by atoms with Gasteiger partial charge in [0.25, 0.3) is 5.91 Å². The van der Waals surface area contributed by atoms with Crippen LogP contribution >= 0.6 is 11.8 Å². The Bertz CT molecular complexity index is 986. The van der Waals surface area contributed by atoms with Crippen molar-refractivity contribution in [3.8, 4) is 5.75 Å². The molecule has 0 unspecified atom stereocenters. The molecule has 7 nitrogen and oxygen atoms in total. The van der Waals surface area contributed by atoms with Gasteiger partial charge in [-0.1, -0.05) is 32.0 Å². The number of hydrogen-bond donors (Lipinski definition) is 1. The summed E-state index contributed by atoms with van der Waals surface area (Å²) >= 11 is 1.24. The summed E-state index contributed by atoms with van der Waals surface area (Å²) < 4.78 is 10.5. The lowest BCUT2D eigenvalue weighted by molar-refractivity contribution is -0.137. The molecule has 0 aromatic heterocycles. The van der Waals surface area contributed by atoms with Gasteiger partial charge in [-0.3, -0.25) is 9.59 Å². The van der Waals surface area contributed by atoms with Gasteiger partial charge in [0.05, 0.1) is 18.4 Å². The number of piperidine rings is 1. The van der Waals surface area contributed by atoms with Crippen LogP contribution < -0.4 is 10.1 Å². The molecule has 33 heavy (non-hydrogen) atoms. The molecule has 1 N–H and O–H groups in total. The minimum absolute atomic E-state index is 0.115. The zero-order valence-electron chi connectivity index (χ0n) is 19.2. The maximum atomic E-state index is 12.7. The SMILES string of the molecule is COc1cccc(NC(=O)CSc2ccccc2C(=O)OCC(=O)N2C[C@@H](C)C[C@H](C)C2)c1. The van der Waals surface area contributed by atoms with E-state index in [2.05, 4.69) is 19.2 Å². The van der Waals surface area contributed by atoms with Crippen molar-refractivity contribution in [1.82, 2.24) is 4.90 Å². The Morgan fingerprint density at radius 1 is 1.06 bits per heavy atom. The van der Waals surface area contributed by atoms with E-state index >= 15 is 0 Å². The lowest BCUT2D eigenvalue weighted by atomic mass is 9.92. The van der Waals surface area contributed by atoms with Crippen molar-refractivity contribution in [2.75, 3.05) is 37.9 Å². The van der Waals surface area contributed by atoms with Crippen molar-refractivity contribution in [3.05, 3.63) is 54.1 Å². The molecule has 2 aromatic carbocycles. The molecule has 0 saturated carbocycles. The third-order valence-corrected chi connectivity index (χ3v) is 6.44. The molecule has 3 rings (SSSR count). The second kappa shape index (κ2) is 11.7. The summed E-state index contributed by atoms with van der Waals surface area (Å²) in [5, 5.41) is 2.81. The molecule has 0 spiro atoms. The van der Waals surface area contributed by atoms with Crippen LogP contribution in [0.2, 0.25) is 0 Å². The highest BCUT2D eigenvalue weighted by molar-refractivity contribution is 8.00. The smallest absolute Gasteiger partial charge is 0.339 e. The summed E-state index contributed by atoms with van der Waals surface area (Å²) in [7, 11) is 1.56. The number of anilines is 1. The fourth-order valence-electron chi connectivity index (χ4n) is 3.97. The molecule has 8 heteroatoms. The largest absolute Gasteiger partial charge is 0.497 e. The Morgan fingerprint density at radius 2 is 1.79 bits per heavy atom. The van der Waals surface area contributed by atoms with E-state index in [9.17, 15) is 14.4 Å². The van der Waals surface area contributed by atoms with Crippen molar-refractivity contribution >= 4 is 35.2 Å². The first-order chi connectivity index (χ1) is 15.9. The molecule has 0 radical (unpaired) electrons. The van der Waals surface area contributed by atoms with Crippen LogP contribution in [0, 0.1) is 11.8 Å². The van der Waals surface area contributed by atoms with Crippen molar-refractivity contribution in [1.29, 1.82) is 0 Å². The van der Waals surface area contributed by atoms with Crippen LogP contribution in [0.1, 0.15) is 30.6 Å². The van der Waals surface area contributed by atoms with E-state index in [4.69, 9.17) is 9.47 Å². The number of carbonyl (C=O) groups excluding carboxylic acids is 3. The summed E-state index contributed by atoms with van der Waals surface area (Å²) in [6.45, 7) is 5.35. The first-order valence-corrected chi connectivity index (χ1v) is 11.9. The van der Waals surface area contributed by atoms with Gasteiger partial charge in [-0.15, -0.1) is 11.8 Å². The summed E-state index contributed by atoms with van der Waals surface area (Å²) in [5.41, 5.74) is 0.970. The summed E-state index contributed by atoms with van der Waals surface area (Å²) in [6.07, 6.45) is 1.10. The van der Waals surface area contributed by atoms with E-state index in [0.29, 0.717) is 46.8 Å². The number of likely N-dealkylation sites (tertiary alicyclic amines) is 1. The van der Waals surface area contributed by atoms with Crippen LogP contribution in [0.3, 0.4) is 0 Å². The number of benzene rings is 2. The molecule has 0 bridgehead atoms. The zero-order valence-corrected chi connectivity index (χ0v) is 20.0. The second-order valence-electron chi connectivity index (χ2n) is 8.39. The van der Waals surface area contributed by atoms with Gasteiger partial charge >= 0.3 is 5.97 Å². The molecule has 2 atom stereocenters. The van der Waals surface area contributed by atoms with Gasteiger partial charge in [-0.25, -0.2) is 4.79 Å². The molecule has 1 aliphatic rings. The number of carbonyl (C=O) groups is 3. The monoisotopic (exact) mass is 470 g/mol. The molecular weight excluding hydrogens is 440 g/mol. The van der Waals surface area contributed by atoms with Crippen LogP contribution in [-0.4, -0.2) is 55.2 Å². The number of methoxy groups -OCH3 is 1. The zero-order chi connectivity index (χ0) is 23.8. The minimum Gasteiger partial charge on any atom is -0.497 e. The number of thioether (sulfide) groups is 1. The summed E-state index contributed by atoms with van der Waals surface area (Å²) in [6, 6.07) is 14.0. The van der Waals surface area contributed by atoms with Crippen LogP contribution in [-0.2, 0) is 14.3 Å². The summed E-state index contributed by atoms with van der Waals surface area (Å²) in [5.74, 6) is 0.686. The predicted molar refractivity (Wildman–Crippen MR) is 129 cm³/mol. The summed E-state index contributed by atoms with van der Waals surface area (Å²) in [4.78, 5) is 40.0. The van der Waals surface area contributed by atoms with Crippen LogP contribution in [0.5, 0.6) is 5.75 Å². The maximum Gasteiger partial charge on any atom is 0.339 e. The lowest BCUT2D eigenvalue weighted by Gasteiger charge is -2.34. The number of esters is 1. The fraction of sp³-hybridized carbons (Fsp3) is 0.400. The minimum atomic E-state index is -0.572. The molecule has 2 amide bonds. The number of hydrogen-bond acceptors (Lipinski definition) is 6. The quantitative estimate of drug-likeness (QED) is 0.462. The van der Waals surface area contributed by atoms with E-state index in [0.717, 1.165) is 6.42 Å². The highest BCUT2D eigenvalue weighted by atomic mass is 32.2. The first kappa shape index (κ1) is 24.6. The standard InChI is InChI=1S/C25H30N2O5S/c1-17-11-18(2)14-27(13-17)24(29)15-32-25(30)21-9-4-5-10-22(21)33-16-23(28)26-19-7-6-8-20(12-19)31-3/h4-10,12,17-18H,11,13-16H2,1-3H3,(H,26,28)/t17-,18-/m0/s1. The van der Waals surface area contributed by atoms with Crippen LogP contribution in [0.15, 0.2) is 53.4 Å². The van der Waals surface area contributed by atoms with Gasteiger partial charge in [0.2, 0.25) is 5.91 Å². The van der Waals surface area contributed by atoms with Gasteiger partial charge in [-0.05, 0) is 42.5 Å². The normalized spacial score (nSPS) is 17.8. The molecule has 1 heterocycles. The molecule has 2 aromatic rings. The molecule has 1 saturated heterocycles. The lowest BCUT2D eigenvalue weighted by Crippen LogP contribution is -2.44. The van der Waals surface area contributed by atoms with Crippen molar-refractivity contribution < 1.29 is 23.9 Å². The predicted octanol–water partition coefficient (Wildman–Crippen LogP) is 4.09. The molecular formula is C25H30N2O5S. The van der Waals surface area contributed by atoms with Crippen LogP contribution in [0.4, 0.5) is 5.69 Å². The Morgan fingerprint density at radius 3 is 2.52 bits per heavy atom. The average Bonchev–Trinajstić information content (AvgIpc) is 2.80. The highest BCUT2D eigenvalue weighted by Gasteiger charge is 2.26. The van der Waals surface area contributed by atoms with Gasteiger partial charge in [0, 0.05) is 29.7 Å². The number of ether oxygens (including phenoxy) is 2. The average molecular weight is 471 g/mol. The van der Waals surface area contributed by atoms with E-state index in [1.54, 1.807) is 60.5 Å². The number of rotatable bonds is 8. The number of nitrogens with zero attached hydrogens (tertiary/aromatic N) is 1. The molecule has 0 aliphatic carbocycles. The Hall–Kier alpha value is -3.00. The third-order valence-electron chi connectivity index (χ3n) is 5.37. The molecule has 1 fully saturated rings. The Balaban J connectivity index is 1.54. The van der Waals surface area contributed by atoms with E-state index in [1.807, 2.05) is 0 Å². The Kier molecular flexibility index (Phi) is 8.77. The van der Waals surface area contributed by atoms with E-state index in [-0.39, 0.29) is 24.2 Å². The highest BCUT2D eigenvalue weighted by Crippen LogP contribution is 2.25. The molecule has 1 aliphatic heterocycles. The van der Waals surface area contributed by atoms with Crippen molar-refractivity contribution in [3.63, 3.8) is 0 Å². The number of nitrogens with one attached hydrogen (secondary N) is 1. The van der Waals surface area contributed by atoms with Crippen molar-refractivity contribution in [2.45, 2.75) is 25.2 Å². The maximum absolute atomic E-state index is 12.7. The number of amides is 2. The molecule has 176 valence electrons. The van der Waals surface area contributed by atoms with Gasteiger partial charge in [-0.2, -0.15) is 0 Å². The van der Waals surface area contributed by atoms with Gasteiger partial charge in [0.1, 0.15) is 5.75 Å². The second-order valence-corrected chi connectivity index (χ2v) is 9.40. The fourth-order valence-corrected chi connectivity index (χ4v) is 4.81. The third kappa shape index (κ3) is 7.25. The van der Waals surface area contributed by atoms with E-state index in [1.165, 1.54) is 11.8 Å². The van der Waals surface area contributed by atoms with Gasteiger partial charge in [0.15, 0.2) is 6.61 Å².